The van der Waals surface area contributed by atoms with Crippen molar-refractivity contribution in [2.24, 2.45) is 5.92 Å². The van der Waals surface area contributed by atoms with Crippen molar-refractivity contribution in [3.05, 3.63) is 66.0 Å². The Labute approximate surface area is 114 Å². The van der Waals surface area contributed by atoms with E-state index in [2.05, 4.69) is 11.9 Å². The van der Waals surface area contributed by atoms with Crippen LogP contribution in [0.4, 0.5) is 0 Å². The van der Waals surface area contributed by atoms with Crippen LogP contribution in [-0.4, -0.2) is 10.8 Å². The first kappa shape index (κ1) is 13.5. The molecule has 19 heavy (non-hydrogen) atoms. The van der Waals surface area contributed by atoms with Gasteiger partial charge < -0.3 is 0 Å². The minimum Gasteiger partial charge on any atom is -0.294 e. The Morgan fingerprint density at radius 2 is 1.84 bits per heavy atom. The highest BCUT2D eigenvalue weighted by molar-refractivity contribution is 5.96. The molecule has 0 aliphatic rings. The predicted molar refractivity (Wildman–Crippen MR) is 77.1 cm³/mol. The molecule has 2 rings (SSSR count). The van der Waals surface area contributed by atoms with Gasteiger partial charge in [-0.15, -0.1) is 0 Å². The molecule has 0 aliphatic heterocycles. The molecule has 2 aromatic rings. The molecule has 0 spiro atoms. The molecule has 1 aromatic carbocycles. The first-order valence-electron chi connectivity index (χ1n) is 6.74. The first-order valence-corrected chi connectivity index (χ1v) is 6.74. The monoisotopic (exact) mass is 253 g/mol. The summed E-state index contributed by atoms with van der Waals surface area (Å²) in [5.41, 5.74) is 1.91. The van der Waals surface area contributed by atoms with Crippen LogP contribution in [0.25, 0.3) is 0 Å². The summed E-state index contributed by atoms with van der Waals surface area (Å²) in [6.45, 7) is 2.13. The molecule has 0 aliphatic carbocycles. The summed E-state index contributed by atoms with van der Waals surface area (Å²) in [6.07, 6.45) is 4.35. The van der Waals surface area contributed by atoms with Gasteiger partial charge in [-0.25, -0.2) is 0 Å². The smallest absolute Gasteiger partial charge is 0.163 e. The van der Waals surface area contributed by atoms with Crippen LogP contribution in [0.1, 0.15) is 35.8 Å². The van der Waals surface area contributed by atoms with Gasteiger partial charge in [-0.1, -0.05) is 43.3 Å². The summed E-state index contributed by atoms with van der Waals surface area (Å²) in [4.78, 5) is 16.4. The van der Waals surface area contributed by atoms with Gasteiger partial charge in [-0.2, -0.15) is 0 Å². The second-order valence-corrected chi connectivity index (χ2v) is 4.96. The third-order valence-corrected chi connectivity index (χ3v) is 3.25. The summed E-state index contributed by atoms with van der Waals surface area (Å²) in [7, 11) is 0. The molecule has 0 saturated heterocycles. The zero-order valence-electron chi connectivity index (χ0n) is 11.3. The SMILES string of the molecule is C[C@H](CCc1ccccn1)CC(=O)c1ccccc1. The largest absolute Gasteiger partial charge is 0.294 e. The molecule has 0 bridgehead atoms. The Morgan fingerprint density at radius 1 is 1.11 bits per heavy atom. The third kappa shape index (κ3) is 4.32. The highest BCUT2D eigenvalue weighted by Gasteiger charge is 2.11. The lowest BCUT2D eigenvalue weighted by Gasteiger charge is -2.10. The number of pyridine rings is 1. The zero-order chi connectivity index (χ0) is 13.5. The van der Waals surface area contributed by atoms with Gasteiger partial charge in [0, 0.05) is 23.9 Å². The third-order valence-electron chi connectivity index (χ3n) is 3.25. The summed E-state index contributed by atoms with van der Waals surface area (Å²) >= 11 is 0. The lowest BCUT2D eigenvalue weighted by Crippen LogP contribution is -2.07. The van der Waals surface area contributed by atoms with Gasteiger partial charge in [0.05, 0.1) is 0 Å². The maximum absolute atomic E-state index is 12.1. The van der Waals surface area contributed by atoms with Crippen molar-refractivity contribution < 1.29 is 4.79 Å². The maximum Gasteiger partial charge on any atom is 0.163 e. The van der Waals surface area contributed by atoms with Crippen LogP contribution in [0.3, 0.4) is 0 Å². The first-order chi connectivity index (χ1) is 9.25. The summed E-state index contributed by atoms with van der Waals surface area (Å²) < 4.78 is 0. The molecule has 0 amide bonds. The van der Waals surface area contributed by atoms with Crippen LogP contribution in [0.2, 0.25) is 0 Å². The molecule has 0 radical (unpaired) electrons. The van der Waals surface area contributed by atoms with E-state index in [0.717, 1.165) is 24.1 Å². The average molecular weight is 253 g/mol. The van der Waals surface area contributed by atoms with E-state index in [0.29, 0.717) is 12.3 Å². The molecule has 2 nitrogen and oxygen atoms in total. The Bertz CT molecular complexity index is 507. The molecule has 1 aromatic heterocycles. The van der Waals surface area contributed by atoms with Crippen molar-refractivity contribution in [3.8, 4) is 0 Å². The van der Waals surface area contributed by atoms with E-state index in [1.54, 1.807) is 0 Å². The molecule has 0 unspecified atom stereocenters. The Hall–Kier alpha value is -1.96. The van der Waals surface area contributed by atoms with E-state index >= 15 is 0 Å². The molecular weight excluding hydrogens is 234 g/mol. The van der Waals surface area contributed by atoms with Crippen LogP contribution in [0.5, 0.6) is 0 Å². The molecule has 1 atom stereocenters. The number of hydrogen-bond donors (Lipinski definition) is 0. The number of aromatic nitrogens is 1. The standard InChI is InChI=1S/C17H19NO/c1-14(10-11-16-9-5-6-12-18-16)13-17(19)15-7-3-2-4-8-15/h2-9,12,14H,10-11,13H2,1H3/t14-/m1/s1. The molecule has 0 N–H and O–H groups in total. The Kier molecular flexibility index (Phi) is 4.85. The fraction of sp³-hybridized carbons (Fsp3) is 0.294. The highest BCUT2D eigenvalue weighted by Crippen LogP contribution is 2.15. The van der Waals surface area contributed by atoms with E-state index in [1.807, 2.05) is 54.7 Å². The van der Waals surface area contributed by atoms with Gasteiger partial charge >= 0.3 is 0 Å². The van der Waals surface area contributed by atoms with Crippen molar-refractivity contribution in [2.45, 2.75) is 26.2 Å². The van der Waals surface area contributed by atoms with Crippen LogP contribution >= 0.6 is 0 Å². The van der Waals surface area contributed by atoms with E-state index in [-0.39, 0.29) is 5.78 Å². The van der Waals surface area contributed by atoms with Gasteiger partial charge in [0.25, 0.3) is 0 Å². The Balaban J connectivity index is 1.81. The molecule has 0 fully saturated rings. The lowest BCUT2D eigenvalue weighted by atomic mass is 9.95. The topological polar surface area (TPSA) is 30.0 Å². The number of benzene rings is 1. The zero-order valence-corrected chi connectivity index (χ0v) is 11.3. The van der Waals surface area contributed by atoms with Gasteiger partial charge in [-0.3, -0.25) is 9.78 Å². The molecule has 1 heterocycles. The van der Waals surface area contributed by atoms with Crippen LogP contribution in [0.15, 0.2) is 54.7 Å². The number of carbonyl (C=O) groups excluding carboxylic acids is 1. The number of hydrogen-bond acceptors (Lipinski definition) is 2. The van der Waals surface area contributed by atoms with E-state index < -0.39 is 0 Å². The summed E-state index contributed by atoms with van der Waals surface area (Å²) in [6, 6.07) is 15.5. The summed E-state index contributed by atoms with van der Waals surface area (Å²) in [5.74, 6) is 0.615. The fourth-order valence-corrected chi connectivity index (χ4v) is 2.10. The molecular formula is C17H19NO. The normalized spacial score (nSPS) is 12.1. The number of nitrogens with zero attached hydrogens (tertiary/aromatic N) is 1. The number of ketones is 1. The summed E-state index contributed by atoms with van der Waals surface area (Å²) in [5, 5.41) is 0. The predicted octanol–water partition coefficient (Wildman–Crippen LogP) is 3.92. The Morgan fingerprint density at radius 3 is 2.53 bits per heavy atom. The molecule has 2 heteroatoms. The van der Waals surface area contributed by atoms with Gasteiger partial charge in [-0.05, 0) is 30.9 Å². The maximum atomic E-state index is 12.1. The van der Waals surface area contributed by atoms with Crippen molar-refractivity contribution >= 4 is 5.78 Å². The number of Topliss-reactive ketones (excluding diaryl/α,β-unsaturated/α-hetero) is 1. The minimum atomic E-state index is 0.231. The van der Waals surface area contributed by atoms with E-state index in [4.69, 9.17) is 0 Å². The van der Waals surface area contributed by atoms with Crippen LogP contribution in [0, 0.1) is 5.92 Å². The number of rotatable bonds is 6. The van der Waals surface area contributed by atoms with Crippen molar-refractivity contribution in [1.29, 1.82) is 0 Å². The molecule has 98 valence electrons. The van der Waals surface area contributed by atoms with Gasteiger partial charge in [0.1, 0.15) is 0 Å². The van der Waals surface area contributed by atoms with Gasteiger partial charge in [0.15, 0.2) is 5.78 Å². The second kappa shape index (κ2) is 6.83. The number of carbonyl (C=O) groups is 1. The second-order valence-electron chi connectivity index (χ2n) is 4.96. The molecule has 0 saturated carbocycles. The van der Waals surface area contributed by atoms with Crippen molar-refractivity contribution in [1.82, 2.24) is 4.98 Å². The van der Waals surface area contributed by atoms with Gasteiger partial charge in [0.2, 0.25) is 0 Å². The van der Waals surface area contributed by atoms with Crippen LogP contribution in [-0.2, 0) is 6.42 Å². The van der Waals surface area contributed by atoms with Crippen molar-refractivity contribution in [2.75, 3.05) is 0 Å². The quantitative estimate of drug-likeness (QED) is 0.730. The van der Waals surface area contributed by atoms with Crippen LogP contribution < -0.4 is 0 Å². The minimum absolute atomic E-state index is 0.231. The fourth-order valence-electron chi connectivity index (χ4n) is 2.10. The number of aryl methyl sites for hydroxylation is 1. The lowest BCUT2D eigenvalue weighted by molar-refractivity contribution is 0.0962. The average Bonchev–Trinajstić information content (AvgIpc) is 2.47. The van der Waals surface area contributed by atoms with E-state index in [1.165, 1.54) is 0 Å². The van der Waals surface area contributed by atoms with Crippen molar-refractivity contribution in [3.63, 3.8) is 0 Å². The van der Waals surface area contributed by atoms with E-state index in [9.17, 15) is 4.79 Å². The highest BCUT2D eigenvalue weighted by atomic mass is 16.1.